The first-order valence-electron chi connectivity index (χ1n) is 13.3. The Morgan fingerprint density at radius 3 is 2.63 bits per heavy atom. The van der Waals surface area contributed by atoms with Gasteiger partial charge in [-0.1, -0.05) is 49.4 Å². The number of benzene rings is 2. The van der Waals surface area contributed by atoms with Crippen LogP contribution in [0, 0.1) is 0 Å². The van der Waals surface area contributed by atoms with Gasteiger partial charge in [-0.05, 0) is 79.4 Å². The van der Waals surface area contributed by atoms with Crippen LogP contribution in [0.25, 0.3) is 27.7 Å². The molecule has 1 saturated heterocycles. The fourth-order valence-corrected chi connectivity index (χ4v) is 5.22. The monoisotopic (exact) mass is 500 g/mol. The second kappa shape index (κ2) is 11.0. The third-order valence-electron chi connectivity index (χ3n) is 7.17. The number of fused-ring (bicyclic) bond motifs is 1. The van der Waals surface area contributed by atoms with E-state index >= 15 is 0 Å². The quantitative estimate of drug-likeness (QED) is 0.249. The number of pyridine rings is 2. The first-order chi connectivity index (χ1) is 18.7. The van der Waals surface area contributed by atoms with Crippen LogP contribution in [0.5, 0.6) is 0 Å². The Kier molecular flexibility index (Phi) is 6.96. The second-order valence-corrected chi connectivity index (χ2v) is 10.1. The zero-order valence-electron chi connectivity index (χ0n) is 21.5. The molecule has 2 aromatic carbocycles. The lowest BCUT2D eigenvalue weighted by atomic mass is 10.0. The molecule has 3 aromatic heterocycles. The molecule has 0 saturated carbocycles. The van der Waals surface area contributed by atoms with Gasteiger partial charge in [0, 0.05) is 41.8 Å². The molecule has 190 valence electrons. The number of aromatic nitrogens is 4. The largest absolute Gasteiger partial charge is 0.354 e. The molecule has 6 rings (SSSR count). The van der Waals surface area contributed by atoms with E-state index < -0.39 is 0 Å². The highest BCUT2D eigenvalue weighted by Crippen LogP contribution is 2.29. The maximum atomic E-state index is 4.59. The minimum Gasteiger partial charge on any atom is -0.354 e. The Labute approximate surface area is 223 Å². The topological polar surface area (TPSA) is 69.7 Å². The van der Waals surface area contributed by atoms with Crippen molar-refractivity contribution in [1.29, 1.82) is 0 Å². The molecule has 6 nitrogen and oxygen atoms in total. The normalized spacial score (nSPS) is 14.0. The number of aromatic amines is 1. The molecule has 0 bridgehead atoms. The Morgan fingerprint density at radius 1 is 0.895 bits per heavy atom. The molecule has 6 heteroatoms. The summed E-state index contributed by atoms with van der Waals surface area (Å²) >= 11 is 0. The number of anilines is 1. The molecule has 0 aliphatic carbocycles. The lowest BCUT2D eigenvalue weighted by Crippen LogP contribution is -2.29. The molecule has 0 spiro atoms. The van der Waals surface area contributed by atoms with E-state index in [1.54, 1.807) is 0 Å². The van der Waals surface area contributed by atoms with Crippen LogP contribution in [0.1, 0.15) is 41.8 Å². The van der Waals surface area contributed by atoms with Crippen LogP contribution in [0.4, 0.5) is 5.69 Å². The van der Waals surface area contributed by atoms with Crippen LogP contribution in [0.3, 0.4) is 0 Å². The molecule has 1 aliphatic rings. The van der Waals surface area contributed by atoms with Crippen LogP contribution in [0.2, 0.25) is 0 Å². The average molecular weight is 501 g/mol. The summed E-state index contributed by atoms with van der Waals surface area (Å²) < 4.78 is 0. The Hall–Kier alpha value is -4.29. The summed E-state index contributed by atoms with van der Waals surface area (Å²) in [7, 11) is 0. The first kappa shape index (κ1) is 24.1. The van der Waals surface area contributed by atoms with Crippen molar-refractivity contribution >= 4 is 22.3 Å². The maximum absolute atomic E-state index is 4.59. The maximum Gasteiger partial charge on any atom is 0.116 e. The van der Waals surface area contributed by atoms with E-state index in [0.29, 0.717) is 0 Å². The lowest BCUT2D eigenvalue weighted by molar-refractivity contribution is 0.218. The van der Waals surface area contributed by atoms with Gasteiger partial charge in [0.2, 0.25) is 0 Å². The van der Waals surface area contributed by atoms with Crippen molar-refractivity contribution in [1.82, 2.24) is 25.1 Å². The number of nitrogens with one attached hydrogen (secondary N) is 2. The molecule has 4 heterocycles. The highest BCUT2D eigenvalue weighted by atomic mass is 15.1. The van der Waals surface area contributed by atoms with Gasteiger partial charge < -0.3 is 5.32 Å². The van der Waals surface area contributed by atoms with E-state index in [1.807, 2.05) is 30.7 Å². The summed E-state index contributed by atoms with van der Waals surface area (Å²) in [6, 6.07) is 23.1. The van der Waals surface area contributed by atoms with E-state index in [9.17, 15) is 0 Å². The van der Waals surface area contributed by atoms with E-state index in [2.05, 4.69) is 91.6 Å². The summed E-state index contributed by atoms with van der Waals surface area (Å²) in [6.45, 7) is 7.50. The van der Waals surface area contributed by atoms with Crippen LogP contribution < -0.4 is 5.32 Å². The predicted molar refractivity (Wildman–Crippen MR) is 155 cm³/mol. The average Bonchev–Trinajstić information content (AvgIpc) is 3.38. The molecule has 2 N–H and O–H groups in total. The summed E-state index contributed by atoms with van der Waals surface area (Å²) in [6.07, 6.45) is 10.5. The van der Waals surface area contributed by atoms with Crippen LogP contribution in [-0.2, 0) is 13.0 Å². The van der Waals surface area contributed by atoms with Crippen molar-refractivity contribution in [3.05, 3.63) is 114 Å². The van der Waals surface area contributed by atoms with Crippen LogP contribution >= 0.6 is 0 Å². The van der Waals surface area contributed by atoms with E-state index in [4.69, 9.17) is 0 Å². The highest BCUT2D eigenvalue weighted by Gasteiger charge is 2.14. The highest BCUT2D eigenvalue weighted by molar-refractivity contribution is 5.95. The Morgan fingerprint density at radius 2 is 1.76 bits per heavy atom. The Balaban J connectivity index is 1.21. The summed E-state index contributed by atoms with van der Waals surface area (Å²) in [5.41, 5.74) is 9.22. The number of H-pyrrole nitrogens is 1. The molecule has 1 fully saturated rings. The fraction of sp³-hybridized carbons (Fsp3) is 0.219. The number of piperidine rings is 1. The number of nitrogens with zero attached hydrogens (tertiary/aromatic N) is 4. The second-order valence-electron chi connectivity index (χ2n) is 10.1. The van der Waals surface area contributed by atoms with Crippen LogP contribution in [-0.4, -0.2) is 38.2 Å². The molecular formula is C32H32N6. The van der Waals surface area contributed by atoms with Crippen molar-refractivity contribution in [3.63, 3.8) is 0 Å². The van der Waals surface area contributed by atoms with Crippen LogP contribution in [0.15, 0.2) is 91.9 Å². The van der Waals surface area contributed by atoms with Gasteiger partial charge >= 0.3 is 0 Å². The number of hydrogen-bond acceptors (Lipinski definition) is 5. The van der Waals surface area contributed by atoms with Crippen molar-refractivity contribution in [2.24, 2.45) is 0 Å². The zero-order chi connectivity index (χ0) is 25.7. The van der Waals surface area contributed by atoms with E-state index in [-0.39, 0.29) is 0 Å². The number of rotatable bonds is 8. The predicted octanol–water partition coefficient (Wildman–Crippen LogP) is 6.68. The van der Waals surface area contributed by atoms with Gasteiger partial charge in [-0.15, -0.1) is 0 Å². The minimum absolute atomic E-state index is 0.750. The van der Waals surface area contributed by atoms with Crippen molar-refractivity contribution in [3.8, 4) is 11.1 Å². The SMILES string of the molecule is C=C(Nc1ccnc(CN2CCCCC2)c1)c1n[nH]c2ccc(-c3cncc(Cc4ccccc4)c3)cc12. The summed E-state index contributed by atoms with van der Waals surface area (Å²) in [5.74, 6) is 0. The molecule has 0 unspecified atom stereocenters. The molecule has 1 aliphatic heterocycles. The molecular weight excluding hydrogens is 468 g/mol. The number of likely N-dealkylation sites (tertiary alicyclic amines) is 1. The first-order valence-corrected chi connectivity index (χ1v) is 13.3. The van der Waals surface area contributed by atoms with Crippen molar-refractivity contribution in [2.45, 2.75) is 32.2 Å². The lowest BCUT2D eigenvalue weighted by Gasteiger charge is -2.26. The zero-order valence-corrected chi connectivity index (χ0v) is 21.5. The molecule has 38 heavy (non-hydrogen) atoms. The standard InChI is InChI=1S/C32H32N6/c1-23(35-28-12-13-34-29(19-28)22-38-14-6-3-7-15-38)32-30-18-26(10-11-31(30)36-37-32)27-17-25(20-33-21-27)16-24-8-4-2-5-9-24/h2,4-5,8-13,17-21H,1,3,6-7,14-16,22H2,(H,34,35)(H,36,37). The van der Waals surface area contributed by atoms with Crippen molar-refractivity contribution < 1.29 is 0 Å². The van der Waals surface area contributed by atoms with E-state index in [0.717, 1.165) is 70.9 Å². The van der Waals surface area contributed by atoms with Gasteiger partial charge in [-0.2, -0.15) is 5.10 Å². The summed E-state index contributed by atoms with van der Waals surface area (Å²) in [4.78, 5) is 11.6. The number of hydrogen-bond donors (Lipinski definition) is 2. The third kappa shape index (κ3) is 5.50. The molecule has 0 atom stereocenters. The van der Waals surface area contributed by atoms with Gasteiger partial charge in [0.1, 0.15) is 5.69 Å². The van der Waals surface area contributed by atoms with Gasteiger partial charge in [-0.25, -0.2) is 0 Å². The summed E-state index contributed by atoms with van der Waals surface area (Å²) in [5, 5.41) is 12.2. The van der Waals surface area contributed by atoms with Gasteiger partial charge in [0.05, 0.1) is 16.9 Å². The minimum atomic E-state index is 0.750. The van der Waals surface area contributed by atoms with Gasteiger partial charge in [0.25, 0.3) is 0 Å². The van der Waals surface area contributed by atoms with E-state index in [1.165, 1.54) is 30.4 Å². The third-order valence-corrected chi connectivity index (χ3v) is 7.17. The van der Waals surface area contributed by atoms with Gasteiger partial charge in [0.15, 0.2) is 0 Å². The molecule has 0 radical (unpaired) electrons. The molecule has 5 aromatic rings. The Bertz CT molecular complexity index is 1550. The van der Waals surface area contributed by atoms with Crippen molar-refractivity contribution in [2.75, 3.05) is 18.4 Å². The fourth-order valence-electron chi connectivity index (χ4n) is 5.22. The molecule has 0 amide bonds. The smallest absolute Gasteiger partial charge is 0.116 e. The van der Waals surface area contributed by atoms with Gasteiger partial charge in [-0.3, -0.25) is 20.0 Å².